The Morgan fingerprint density at radius 1 is 1.15 bits per heavy atom. The molecule has 2 saturated heterocycles. The van der Waals surface area contributed by atoms with Crippen molar-refractivity contribution in [2.75, 3.05) is 0 Å². The maximum atomic E-state index is 12.3. The molecule has 6 nitrogen and oxygen atoms in total. The Labute approximate surface area is 155 Å². The van der Waals surface area contributed by atoms with Crippen molar-refractivity contribution < 1.29 is 28.5 Å². The van der Waals surface area contributed by atoms with E-state index in [4.69, 9.17) is 18.6 Å². The van der Waals surface area contributed by atoms with Crippen molar-refractivity contribution in [3.05, 3.63) is 35.9 Å². The van der Waals surface area contributed by atoms with E-state index in [1.165, 1.54) is 0 Å². The summed E-state index contributed by atoms with van der Waals surface area (Å²) in [5, 5.41) is 10.3. The average molecular weight is 381 g/mol. The van der Waals surface area contributed by atoms with Gasteiger partial charge in [-0.15, -0.1) is 0 Å². The summed E-state index contributed by atoms with van der Waals surface area (Å²) in [6.07, 6.45) is -3.98. The van der Waals surface area contributed by atoms with E-state index in [0.717, 1.165) is 5.56 Å². The van der Waals surface area contributed by atoms with Gasteiger partial charge in [0.05, 0.1) is 6.61 Å². The molecule has 0 aliphatic carbocycles. The molecule has 2 aliphatic rings. The quantitative estimate of drug-likeness (QED) is 0.625. The van der Waals surface area contributed by atoms with Crippen molar-refractivity contribution >= 4 is 14.3 Å². The van der Waals surface area contributed by atoms with Crippen LogP contribution in [-0.4, -0.2) is 50.1 Å². The lowest BCUT2D eigenvalue weighted by Gasteiger charge is -2.39. The minimum atomic E-state index is -2.16. The van der Waals surface area contributed by atoms with Gasteiger partial charge in [0.2, 0.25) is 0 Å². The second kappa shape index (κ2) is 7.05. The predicted octanol–water partition coefficient (Wildman–Crippen LogP) is 2.60. The number of fused-ring (bicyclic) bond motifs is 1. The molecule has 2 aliphatic heterocycles. The van der Waals surface area contributed by atoms with Gasteiger partial charge in [0.1, 0.15) is 12.2 Å². The van der Waals surface area contributed by atoms with E-state index in [2.05, 4.69) is 33.9 Å². The van der Waals surface area contributed by atoms with Crippen molar-refractivity contribution in [3.63, 3.8) is 0 Å². The van der Waals surface area contributed by atoms with Crippen molar-refractivity contribution in [1.82, 2.24) is 0 Å². The Morgan fingerprint density at radius 3 is 2.42 bits per heavy atom. The first-order chi connectivity index (χ1) is 12.1. The summed E-state index contributed by atoms with van der Waals surface area (Å²) >= 11 is 0. The highest BCUT2D eigenvalue weighted by atomic mass is 28.4. The first-order valence-corrected chi connectivity index (χ1v) is 11.9. The molecule has 0 spiro atoms. The third-order valence-electron chi connectivity index (χ3n) is 5.52. The first-order valence-electron chi connectivity index (χ1n) is 8.97. The van der Waals surface area contributed by atoms with Crippen LogP contribution in [0.3, 0.4) is 0 Å². The Morgan fingerprint density at radius 2 is 1.81 bits per heavy atom. The molecule has 1 unspecified atom stereocenters. The molecule has 3 rings (SSSR count). The minimum absolute atomic E-state index is 0.0311. The van der Waals surface area contributed by atoms with Gasteiger partial charge in [-0.2, -0.15) is 0 Å². The second-order valence-electron chi connectivity index (χ2n) is 8.45. The van der Waals surface area contributed by atoms with Gasteiger partial charge in [-0.1, -0.05) is 51.1 Å². The summed E-state index contributed by atoms with van der Waals surface area (Å²) in [4.78, 5) is 12.3. The molecule has 1 aromatic rings. The summed E-state index contributed by atoms with van der Waals surface area (Å²) in [6, 6.07) is 9.58. The van der Waals surface area contributed by atoms with Crippen LogP contribution in [0.5, 0.6) is 0 Å². The van der Waals surface area contributed by atoms with E-state index in [9.17, 15) is 9.90 Å². The van der Waals surface area contributed by atoms with Crippen LogP contribution in [0.25, 0.3) is 0 Å². The van der Waals surface area contributed by atoms with Crippen LogP contribution in [0, 0.1) is 0 Å². The zero-order valence-electron chi connectivity index (χ0n) is 16.0. The summed E-state index contributed by atoms with van der Waals surface area (Å²) in [5.74, 6) is -0.466. The van der Waals surface area contributed by atoms with E-state index in [1.54, 1.807) is 0 Å². The van der Waals surface area contributed by atoms with E-state index in [1.807, 2.05) is 30.3 Å². The van der Waals surface area contributed by atoms with Gasteiger partial charge in [-0.05, 0) is 23.7 Å². The fourth-order valence-electron chi connectivity index (χ4n) is 2.94. The standard InChI is InChI=1S/C19H28O6Si/c1-19(2,3)26(4,5)25-16-14-13(23-18(16)21)15(17(20)24-14)22-11-12-9-7-6-8-10-12/h6-10,13-16,18,21H,11H2,1-5H3/t13-,14-,15-,16+,18?/m0/s1. The normalized spacial score (nSPS) is 31.8. The van der Waals surface area contributed by atoms with Crippen LogP contribution in [0.1, 0.15) is 26.3 Å². The molecule has 144 valence electrons. The molecule has 0 saturated carbocycles. The molecule has 26 heavy (non-hydrogen) atoms. The van der Waals surface area contributed by atoms with Crippen molar-refractivity contribution in [3.8, 4) is 0 Å². The van der Waals surface area contributed by atoms with Crippen LogP contribution in [0.2, 0.25) is 18.1 Å². The maximum absolute atomic E-state index is 12.3. The summed E-state index contributed by atoms with van der Waals surface area (Å²) < 4.78 is 23.1. The van der Waals surface area contributed by atoms with E-state index >= 15 is 0 Å². The van der Waals surface area contributed by atoms with Crippen LogP contribution >= 0.6 is 0 Å². The summed E-state index contributed by atoms with van der Waals surface area (Å²) in [6.45, 7) is 10.8. The van der Waals surface area contributed by atoms with Crippen LogP contribution in [-0.2, 0) is 30.0 Å². The number of aliphatic hydroxyl groups is 1. The van der Waals surface area contributed by atoms with Gasteiger partial charge in [-0.25, -0.2) is 4.79 Å². The van der Waals surface area contributed by atoms with E-state index < -0.39 is 45.0 Å². The number of aliphatic hydroxyl groups excluding tert-OH is 1. The van der Waals surface area contributed by atoms with Gasteiger partial charge in [-0.3, -0.25) is 0 Å². The van der Waals surface area contributed by atoms with E-state index in [0.29, 0.717) is 0 Å². The molecule has 7 heteroatoms. The lowest BCUT2D eigenvalue weighted by Crippen LogP contribution is -2.49. The number of esters is 1. The number of benzene rings is 1. The molecule has 0 amide bonds. The average Bonchev–Trinajstić information content (AvgIpc) is 3.00. The van der Waals surface area contributed by atoms with Gasteiger partial charge in [0.15, 0.2) is 26.8 Å². The molecule has 2 fully saturated rings. The molecule has 0 radical (unpaired) electrons. The van der Waals surface area contributed by atoms with Crippen LogP contribution < -0.4 is 0 Å². The number of hydrogen-bond donors (Lipinski definition) is 1. The van der Waals surface area contributed by atoms with Gasteiger partial charge < -0.3 is 23.7 Å². The highest BCUT2D eigenvalue weighted by Gasteiger charge is 2.59. The fourth-order valence-corrected chi connectivity index (χ4v) is 4.23. The van der Waals surface area contributed by atoms with Gasteiger partial charge in [0.25, 0.3) is 0 Å². The topological polar surface area (TPSA) is 74.2 Å². The SMILES string of the molecule is CC(C)(C)[Si](C)(C)O[C@H]1C(O)O[C@H]2[C@@H]1OC(=O)[C@H]2OCc1ccccc1. The number of carbonyl (C=O) groups excluding carboxylic acids is 1. The Bertz CT molecular complexity index is 641. The van der Waals surface area contributed by atoms with Gasteiger partial charge in [0, 0.05) is 0 Å². The Kier molecular flexibility index (Phi) is 5.29. The number of rotatable bonds is 5. The molecule has 2 heterocycles. The molecule has 1 aromatic carbocycles. The molecule has 5 atom stereocenters. The molecular formula is C19H28O6Si. The third-order valence-corrected chi connectivity index (χ3v) is 9.99. The molecule has 0 bridgehead atoms. The lowest BCUT2D eigenvalue weighted by molar-refractivity contribution is -0.172. The minimum Gasteiger partial charge on any atom is -0.455 e. The zero-order valence-corrected chi connectivity index (χ0v) is 17.0. The van der Waals surface area contributed by atoms with E-state index in [-0.39, 0.29) is 11.6 Å². The highest BCUT2D eigenvalue weighted by molar-refractivity contribution is 6.74. The largest absolute Gasteiger partial charge is 0.455 e. The van der Waals surface area contributed by atoms with Crippen LogP contribution in [0.15, 0.2) is 30.3 Å². The predicted molar refractivity (Wildman–Crippen MR) is 97.8 cm³/mol. The maximum Gasteiger partial charge on any atom is 0.338 e. The Balaban J connectivity index is 1.69. The second-order valence-corrected chi connectivity index (χ2v) is 13.2. The van der Waals surface area contributed by atoms with Crippen molar-refractivity contribution in [1.29, 1.82) is 0 Å². The Hall–Kier alpha value is -1.25. The van der Waals surface area contributed by atoms with Crippen molar-refractivity contribution in [2.24, 2.45) is 0 Å². The number of ether oxygens (including phenoxy) is 3. The molecule has 1 N–H and O–H groups in total. The first kappa shape index (κ1) is 19.5. The third kappa shape index (κ3) is 3.72. The summed E-state index contributed by atoms with van der Waals surface area (Å²) in [7, 11) is -2.16. The highest BCUT2D eigenvalue weighted by Crippen LogP contribution is 2.42. The molecule has 0 aromatic heterocycles. The molecular weight excluding hydrogens is 352 g/mol. The fraction of sp³-hybridized carbons (Fsp3) is 0.632. The monoisotopic (exact) mass is 380 g/mol. The van der Waals surface area contributed by atoms with Crippen LogP contribution in [0.4, 0.5) is 0 Å². The van der Waals surface area contributed by atoms with Gasteiger partial charge >= 0.3 is 5.97 Å². The number of carbonyl (C=O) groups is 1. The lowest BCUT2D eigenvalue weighted by atomic mass is 10.1. The summed E-state index contributed by atoms with van der Waals surface area (Å²) in [5.41, 5.74) is 0.955. The van der Waals surface area contributed by atoms with Crippen molar-refractivity contribution in [2.45, 2.75) is 76.2 Å². The smallest absolute Gasteiger partial charge is 0.338 e. The zero-order chi connectivity index (χ0) is 19.1. The number of hydrogen-bond acceptors (Lipinski definition) is 6.